The van der Waals surface area contributed by atoms with Gasteiger partial charge in [-0.05, 0) is 24.1 Å². The van der Waals surface area contributed by atoms with Gasteiger partial charge in [-0.3, -0.25) is 0 Å². The van der Waals surface area contributed by atoms with E-state index in [2.05, 4.69) is 35.1 Å². The Labute approximate surface area is 115 Å². The van der Waals surface area contributed by atoms with Crippen LogP contribution < -0.4 is 5.32 Å². The smallest absolute Gasteiger partial charge is 0.0621 e. The zero-order valence-corrected chi connectivity index (χ0v) is 12.3. The van der Waals surface area contributed by atoms with Crippen LogP contribution in [0.4, 0.5) is 0 Å². The van der Waals surface area contributed by atoms with Crippen LogP contribution in [0.5, 0.6) is 0 Å². The molecule has 2 unspecified atom stereocenters. The van der Waals surface area contributed by atoms with Crippen LogP contribution in [0.15, 0.2) is 22.7 Å². The van der Waals surface area contributed by atoms with Crippen molar-refractivity contribution in [3.05, 3.63) is 33.3 Å². The Morgan fingerprint density at radius 3 is 2.76 bits per heavy atom. The second-order valence-corrected chi connectivity index (χ2v) is 6.56. The molecule has 94 valence electrons. The van der Waals surface area contributed by atoms with Crippen molar-refractivity contribution < 1.29 is 5.11 Å². The Morgan fingerprint density at radius 1 is 1.53 bits per heavy atom. The second-order valence-electron chi connectivity index (χ2n) is 5.24. The minimum atomic E-state index is -0.194. The summed E-state index contributed by atoms with van der Waals surface area (Å²) in [5.41, 5.74) is 1.05. The molecule has 2 rings (SSSR count). The lowest BCUT2D eigenvalue weighted by molar-refractivity contribution is -0.0729. The minimum Gasteiger partial charge on any atom is -0.392 e. The molecular formula is C13H17BrClNO. The molecule has 1 aliphatic carbocycles. The predicted octanol–water partition coefficient (Wildman–Crippen LogP) is 3.35. The van der Waals surface area contributed by atoms with Crippen molar-refractivity contribution in [3.63, 3.8) is 0 Å². The van der Waals surface area contributed by atoms with E-state index in [-0.39, 0.29) is 11.5 Å². The summed E-state index contributed by atoms with van der Waals surface area (Å²) in [7, 11) is 0. The van der Waals surface area contributed by atoms with E-state index in [0.29, 0.717) is 6.04 Å². The highest BCUT2D eigenvalue weighted by molar-refractivity contribution is 9.10. The lowest BCUT2D eigenvalue weighted by atomic mass is 9.64. The molecule has 2 atom stereocenters. The van der Waals surface area contributed by atoms with Crippen molar-refractivity contribution in [2.75, 3.05) is 0 Å². The van der Waals surface area contributed by atoms with Crippen LogP contribution in [0.2, 0.25) is 5.02 Å². The number of aliphatic hydroxyl groups excluding tert-OH is 1. The van der Waals surface area contributed by atoms with Gasteiger partial charge >= 0.3 is 0 Å². The molecule has 1 aliphatic rings. The SMILES string of the molecule is CC1(C)C(O)CC1NCc1ccc(Br)cc1Cl. The standard InChI is InChI=1S/C13H17BrClNO/c1-13(2)11(6-12(13)17)16-7-8-3-4-9(14)5-10(8)15/h3-5,11-12,16-17H,6-7H2,1-2H3. The molecule has 0 radical (unpaired) electrons. The predicted molar refractivity (Wildman–Crippen MR) is 74.2 cm³/mol. The molecule has 0 saturated heterocycles. The highest BCUT2D eigenvalue weighted by Gasteiger charge is 2.46. The average Bonchev–Trinajstić information content (AvgIpc) is 2.26. The molecular weight excluding hydrogens is 302 g/mol. The maximum Gasteiger partial charge on any atom is 0.0621 e. The van der Waals surface area contributed by atoms with Gasteiger partial charge in [-0.15, -0.1) is 0 Å². The second kappa shape index (κ2) is 4.88. The van der Waals surface area contributed by atoms with Gasteiger partial charge in [-0.25, -0.2) is 0 Å². The van der Waals surface area contributed by atoms with Crippen molar-refractivity contribution in [1.82, 2.24) is 5.32 Å². The van der Waals surface area contributed by atoms with Crippen molar-refractivity contribution >= 4 is 27.5 Å². The van der Waals surface area contributed by atoms with Crippen LogP contribution in [-0.2, 0) is 6.54 Å². The first-order valence-corrected chi connectivity index (χ1v) is 6.93. The Balaban J connectivity index is 1.95. The molecule has 1 fully saturated rings. The zero-order chi connectivity index (χ0) is 12.6. The highest BCUT2D eigenvalue weighted by atomic mass is 79.9. The Bertz CT molecular complexity index is 422. The van der Waals surface area contributed by atoms with Crippen LogP contribution in [-0.4, -0.2) is 17.3 Å². The van der Waals surface area contributed by atoms with Gasteiger partial charge in [0.2, 0.25) is 0 Å². The summed E-state index contributed by atoms with van der Waals surface area (Å²) >= 11 is 9.54. The molecule has 0 aliphatic heterocycles. The van der Waals surface area contributed by atoms with Gasteiger partial charge < -0.3 is 10.4 Å². The third-order valence-electron chi connectivity index (χ3n) is 3.77. The number of halogens is 2. The lowest BCUT2D eigenvalue weighted by Gasteiger charge is -2.49. The quantitative estimate of drug-likeness (QED) is 0.896. The largest absolute Gasteiger partial charge is 0.392 e. The summed E-state index contributed by atoms with van der Waals surface area (Å²) in [5.74, 6) is 0. The van der Waals surface area contributed by atoms with E-state index in [1.54, 1.807) is 0 Å². The van der Waals surface area contributed by atoms with Gasteiger partial charge in [0.15, 0.2) is 0 Å². The van der Waals surface area contributed by atoms with Gasteiger partial charge in [-0.1, -0.05) is 47.4 Å². The normalized spacial score (nSPS) is 26.6. The number of aliphatic hydroxyl groups is 1. The fourth-order valence-electron chi connectivity index (χ4n) is 2.15. The van der Waals surface area contributed by atoms with E-state index in [9.17, 15) is 5.11 Å². The fourth-order valence-corrected chi connectivity index (χ4v) is 2.89. The molecule has 2 N–H and O–H groups in total. The van der Waals surface area contributed by atoms with Gasteiger partial charge in [0.05, 0.1) is 6.10 Å². The zero-order valence-electron chi connectivity index (χ0n) is 10.0. The summed E-state index contributed by atoms with van der Waals surface area (Å²) in [6.07, 6.45) is 0.626. The third kappa shape index (κ3) is 2.68. The van der Waals surface area contributed by atoms with Crippen LogP contribution in [0.25, 0.3) is 0 Å². The van der Waals surface area contributed by atoms with Crippen LogP contribution >= 0.6 is 27.5 Å². The van der Waals surface area contributed by atoms with E-state index in [4.69, 9.17) is 11.6 Å². The van der Waals surface area contributed by atoms with Crippen molar-refractivity contribution in [2.45, 2.75) is 39.0 Å². The molecule has 2 nitrogen and oxygen atoms in total. The molecule has 17 heavy (non-hydrogen) atoms. The van der Waals surface area contributed by atoms with Gasteiger partial charge in [0, 0.05) is 27.5 Å². The average molecular weight is 319 g/mol. The number of benzene rings is 1. The van der Waals surface area contributed by atoms with Crippen LogP contribution in [0.3, 0.4) is 0 Å². The molecule has 1 aromatic rings. The summed E-state index contributed by atoms with van der Waals surface area (Å²) in [6.45, 7) is 4.91. The number of hydrogen-bond donors (Lipinski definition) is 2. The molecule has 1 aromatic carbocycles. The first-order valence-electron chi connectivity index (χ1n) is 5.76. The third-order valence-corrected chi connectivity index (χ3v) is 4.62. The Hall–Kier alpha value is -0.0900. The lowest BCUT2D eigenvalue weighted by Crippen LogP contribution is -2.59. The van der Waals surface area contributed by atoms with E-state index in [1.165, 1.54) is 0 Å². The number of hydrogen-bond acceptors (Lipinski definition) is 2. The summed E-state index contributed by atoms with van der Waals surface area (Å²) in [6, 6.07) is 6.27. The Kier molecular flexibility index (Phi) is 3.83. The van der Waals surface area contributed by atoms with E-state index in [1.807, 2.05) is 18.2 Å². The van der Waals surface area contributed by atoms with E-state index >= 15 is 0 Å². The maximum atomic E-state index is 9.66. The highest BCUT2D eigenvalue weighted by Crippen LogP contribution is 2.40. The van der Waals surface area contributed by atoms with Gasteiger partial charge in [0.1, 0.15) is 0 Å². The first-order chi connectivity index (χ1) is 7.91. The fraction of sp³-hybridized carbons (Fsp3) is 0.538. The summed E-state index contributed by atoms with van der Waals surface area (Å²) < 4.78 is 0.991. The number of nitrogens with one attached hydrogen (secondary N) is 1. The molecule has 0 spiro atoms. The molecule has 0 aromatic heterocycles. The molecule has 0 amide bonds. The summed E-state index contributed by atoms with van der Waals surface area (Å²) in [5, 5.41) is 13.9. The topological polar surface area (TPSA) is 32.3 Å². The molecule has 0 heterocycles. The number of rotatable bonds is 3. The molecule has 1 saturated carbocycles. The van der Waals surface area contributed by atoms with Gasteiger partial charge in [0.25, 0.3) is 0 Å². The molecule has 0 bridgehead atoms. The van der Waals surface area contributed by atoms with Gasteiger partial charge in [-0.2, -0.15) is 0 Å². The maximum absolute atomic E-state index is 9.66. The van der Waals surface area contributed by atoms with E-state index < -0.39 is 0 Å². The Morgan fingerprint density at radius 2 is 2.24 bits per heavy atom. The monoisotopic (exact) mass is 317 g/mol. The van der Waals surface area contributed by atoms with Crippen LogP contribution in [0.1, 0.15) is 25.8 Å². The van der Waals surface area contributed by atoms with Crippen LogP contribution in [0, 0.1) is 5.41 Å². The van der Waals surface area contributed by atoms with Crippen molar-refractivity contribution in [2.24, 2.45) is 5.41 Å². The van der Waals surface area contributed by atoms with Crippen molar-refractivity contribution in [1.29, 1.82) is 0 Å². The van der Waals surface area contributed by atoms with Crippen molar-refractivity contribution in [3.8, 4) is 0 Å². The summed E-state index contributed by atoms with van der Waals surface area (Å²) in [4.78, 5) is 0. The first kappa shape index (κ1) is 13.3. The minimum absolute atomic E-state index is 0.0398. The molecule has 4 heteroatoms. The van der Waals surface area contributed by atoms with E-state index in [0.717, 1.165) is 28.0 Å².